The molecule has 1 atom stereocenters. The van der Waals surface area contributed by atoms with Gasteiger partial charge in [0.25, 0.3) is 0 Å². The average Bonchev–Trinajstić information content (AvgIpc) is 3.04. The lowest BCUT2D eigenvalue weighted by molar-refractivity contribution is 0.171. The fourth-order valence-corrected chi connectivity index (χ4v) is 4.54. The molecule has 2 heterocycles. The second-order valence-electron chi connectivity index (χ2n) is 4.99. The van der Waals surface area contributed by atoms with Crippen LogP contribution in [0.3, 0.4) is 0 Å². The van der Waals surface area contributed by atoms with Gasteiger partial charge in [0.2, 0.25) is 0 Å². The molecular formula is C15H18OS2. The molecular weight excluding hydrogens is 260 g/mol. The third-order valence-corrected chi connectivity index (χ3v) is 5.70. The van der Waals surface area contributed by atoms with Gasteiger partial charge in [0.05, 0.1) is 6.10 Å². The zero-order valence-electron chi connectivity index (χ0n) is 10.4. The number of rotatable bonds is 4. The van der Waals surface area contributed by atoms with Crippen LogP contribution in [0.15, 0.2) is 22.9 Å². The first-order valence-corrected chi connectivity index (χ1v) is 8.39. The molecule has 1 N–H and O–H groups in total. The van der Waals surface area contributed by atoms with Crippen LogP contribution in [0.25, 0.3) is 0 Å². The Balaban J connectivity index is 1.64. The van der Waals surface area contributed by atoms with Crippen LogP contribution in [0, 0.1) is 0 Å². The number of aliphatic hydroxyl groups is 1. The summed E-state index contributed by atoms with van der Waals surface area (Å²) in [5.74, 6) is 0. The van der Waals surface area contributed by atoms with E-state index in [0.717, 1.165) is 12.8 Å². The molecule has 3 rings (SSSR count). The van der Waals surface area contributed by atoms with Gasteiger partial charge in [0, 0.05) is 9.75 Å². The van der Waals surface area contributed by atoms with E-state index >= 15 is 0 Å². The van der Waals surface area contributed by atoms with Gasteiger partial charge in [-0.2, -0.15) is 11.3 Å². The maximum absolute atomic E-state index is 10.3. The van der Waals surface area contributed by atoms with Crippen LogP contribution >= 0.6 is 22.7 Å². The summed E-state index contributed by atoms with van der Waals surface area (Å²) in [5.41, 5.74) is 2.84. The third kappa shape index (κ3) is 2.68. The topological polar surface area (TPSA) is 20.2 Å². The van der Waals surface area contributed by atoms with Crippen molar-refractivity contribution < 1.29 is 5.11 Å². The summed E-state index contributed by atoms with van der Waals surface area (Å²) in [5, 5.41) is 14.6. The van der Waals surface area contributed by atoms with Crippen LogP contribution in [0.4, 0.5) is 0 Å². The molecule has 0 radical (unpaired) electrons. The predicted octanol–water partition coefficient (Wildman–Crippen LogP) is 4.35. The number of aliphatic hydroxyl groups excluding tert-OH is 1. The van der Waals surface area contributed by atoms with Crippen LogP contribution in [0.1, 0.15) is 46.2 Å². The Morgan fingerprint density at radius 2 is 2.17 bits per heavy atom. The van der Waals surface area contributed by atoms with Gasteiger partial charge in [0.1, 0.15) is 0 Å². The number of aryl methyl sites for hydroxylation is 3. The summed E-state index contributed by atoms with van der Waals surface area (Å²) in [6, 6.07) is 4.40. The van der Waals surface area contributed by atoms with Gasteiger partial charge in [-0.3, -0.25) is 0 Å². The average molecular weight is 278 g/mol. The number of thiophene rings is 2. The van der Waals surface area contributed by atoms with E-state index in [2.05, 4.69) is 22.9 Å². The standard InChI is InChI=1S/C15H18OS2/c16-13(6-5-11-7-8-17-10-11)15-9-12-3-1-2-4-14(12)18-15/h7-10,13,16H,1-6H2. The van der Waals surface area contributed by atoms with E-state index in [1.807, 2.05) is 11.3 Å². The highest BCUT2D eigenvalue weighted by Crippen LogP contribution is 2.34. The molecule has 0 saturated carbocycles. The van der Waals surface area contributed by atoms with Crippen molar-refractivity contribution in [3.8, 4) is 0 Å². The van der Waals surface area contributed by atoms with Crippen molar-refractivity contribution in [2.24, 2.45) is 0 Å². The van der Waals surface area contributed by atoms with E-state index in [1.165, 1.54) is 46.6 Å². The molecule has 3 heteroatoms. The molecule has 0 fully saturated rings. The molecule has 1 aliphatic rings. The lowest BCUT2D eigenvalue weighted by Crippen LogP contribution is -1.97. The van der Waals surface area contributed by atoms with E-state index in [9.17, 15) is 5.11 Å². The maximum atomic E-state index is 10.3. The van der Waals surface area contributed by atoms with Gasteiger partial charge in [-0.25, -0.2) is 0 Å². The first kappa shape index (κ1) is 12.4. The largest absolute Gasteiger partial charge is 0.388 e. The van der Waals surface area contributed by atoms with Gasteiger partial charge < -0.3 is 5.11 Å². The fraction of sp³-hybridized carbons (Fsp3) is 0.467. The third-order valence-electron chi connectivity index (χ3n) is 3.63. The molecule has 0 aliphatic heterocycles. The van der Waals surface area contributed by atoms with E-state index in [4.69, 9.17) is 0 Å². The zero-order chi connectivity index (χ0) is 12.4. The molecule has 0 aromatic carbocycles. The van der Waals surface area contributed by atoms with Crippen LogP contribution in [0.5, 0.6) is 0 Å². The second-order valence-corrected chi connectivity index (χ2v) is 6.94. The monoisotopic (exact) mass is 278 g/mol. The smallest absolute Gasteiger partial charge is 0.0885 e. The van der Waals surface area contributed by atoms with Gasteiger partial charge >= 0.3 is 0 Å². The highest BCUT2D eigenvalue weighted by Gasteiger charge is 2.17. The first-order chi connectivity index (χ1) is 8.83. The van der Waals surface area contributed by atoms with Crippen molar-refractivity contribution in [2.45, 2.75) is 44.6 Å². The van der Waals surface area contributed by atoms with Crippen molar-refractivity contribution in [3.63, 3.8) is 0 Å². The van der Waals surface area contributed by atoms with E-state index in [1.54, 1.807) is 11.3 Å². The summed E-state index contributed by atoms with van der Waals surface area (Å²) >= 11 is 3.56. The molecule has 2 aromatic rings. The van der Waals surface area contributed by atoms with Gasteiger partial charge in [-0.1, -0.05) is 0 Å². The zero-order valence-corrected chi connectivity index (χ0v) is 12.0. The Kier molecular flexibility index (Phi) is 3.83. The summed E-state index contributed by atoms with van der Waals surface area (Å²) < 4.78 is 0. The van der Waals surface area contributed by atoms with Crippen LogP contribution < -0.4 is 0 Å². The van der Waals surface area contributed by atoms with Crippen molar-refractivity contribution in [1.29, 1.82) is 0 Å². The van der Waals surface area contributed by atoms with Crippen molar-refractivity contribution in [2.75, 3.05) is 0 Å². The summed E-state index contributed by atoms with van der Waals surface area (Å²) in [6.07, 6.45) is 6.61. The predicted molar refractivity (Wildman–Crippen MR) is 78.6 cm³/mol. The molecule has 0 bridgehead atoms. The molecule has 1 aliphatic carbocycles. The summed E-state index contributed by atoms with van der Waals surface area (Å²) in [4.78, 5) is 2.70. The maximum Gasteiger partial charge on any atom is 0.0885 e. The molecule has 96 valence electrons. The van der Waals surface area contributed by atoms with E-state index in [-0.39, 0.29) is 6.10 Å². The van der Waals surface area contributed by atoms with Crippen LogP contribution in [0.2, 0.25) is 0 Å². The lowest BCUT2D eigenvalue weighted by Gasteiger charge is -2.08. The number of fused-ring (bicyclic) bond motifs is 1. The molecule has 0 amide bonds. The van der Waals surface area contributed by atoms with Gasteiger partial charge in [-0.05, 0) is 72.5 Å². The SMILES string of the molecule is OC(CCc1ccsc1)c1cc2c(s1)CCCC2. The minimum Gasteiger partial charge on any atom is -0.388 e. The first-order valence-electron chi connectivity index (χ1n) is 6.63. The molecule has 2 aromatic heterocycles. The Bertz CT molecular complexity index is 475. The second kappa shape index (κ2) is 5.55. The van der Waals surface area contributed by atoms with E-state index in [0.29, 0.717) is 0 Å². The molecule has 1 unspecified atom stereocenters. The van der Waals surface area contributed by atoms with Crippen molar-refractivity contribution >= 4 is 22.7 Å². The lowest BCUT2D eigenvalue weighted by atomic mass is 9.98. The molecule has 0 saturated heterocycles. The number of hydrogen-bond donors (Lipinski definition) is 1. The minimum absolute atomic E-state index is 0.277. The summed E-state index contributed by atoms with van der Waals surface area (Å²) in [7, 11) is 0. The highest BCUT2D eigenvalue weighted by molar-refractivity contribution is 7.12. The van der Waals surface area contributed by atoms with Crippen LogP contribution in [-0.4, -0.2) is 5.11 Å². The Morgan fingerprint density at radius 3 is 2.94 bits per heavy atom. The van der Waals surface area contributed by atoms with E-state index < -0.39 is 0 Å². The highest BCUT2D eigenvalue weighted by atomic mass is 32.1. The Morgan fingerprint density at radius 1 is 1.28 bits per heavy atom. The van der Waals surface area contributed by atoms with Crippen LogP contribution in [-0.2, 0) is 19.3 Å². The molecule has 0 spiro atoms. The fourth-order valence-electron chi connectivity index (χ4n) is 2.56. The van der Waals surface area contributed by atoms with Gasteiger partial charge in [-0.15, -0.1) is 11.3 Å². The Hall–Kier alpha value is -0.640. The summed E-state index contributed by atoms with van der Waals surface area (Å²) in [6.45, 7) is 0. The van der Waals surface area contributed by atoms with Crippen molar-refractivity contribution in [3.05, 3.63) is 43.8 Å². The van der Waals surface area contributed by atoms with Gasteiger partial charge in [0.15, 0.2) is 0 Å². The normalized spacial score (nSPS) is 16.5. The molecule has 1 nitrogen and oxygen atoms in total. The quantitative estimate of drug-likeness (QED) is 0.881. The number of hydrogen-bond acceptors (Lipinski definition) is 3. The molecule has 18 heavy (non-hydrogen) atoms. The minimum atomic E-state index is -0.277. The Labute approximate surface area is 116 Å². The van der Waals surface area contributed by atoms with Crippen molar-refractivity contribution in [1.82, 2.24) is 0 Å².